The number of imidazole rings is 1. The van der Waals surface area contributed by atoms with E-state index in [9.17, 15) is 9.18 Å². The standard InChI is InChI=1S/C15H13ClFN5O/c1-8(2)22-7-18-11-12(20-15(17)21-13(11)22)19-14(23)9-3-5-10(16)6-4-9/h3-8H,1-2H3,(H,19,20,21,23). The third kappa shape index (κ3) is 3.00. The smallest absolute Gasteiger partial charge is 0.312 e. The van der Waals surface area contributed by atoms with Gasteiger partial charge in [-0.05, 0) is 38.1 Å². The van der Waals surface area contributed by atoms with Crippen LogP contribution in [0.5, 0.6) is 0 Å². The number of amides is 1. The Labute approximate surface area is 136 Å². The van der Waals surface area contributed by atoms with Crippen molar-refractivity contribution in [2.45, 2.75) is 19.9 Å². The molecule has 0 radical (unpaired) electrons. The van der Waals surface area contributed by atoms with Crippen LogP contribution >= 0.6 is 11.6 Å². The zero-order chi connectivity index (χ0) is 16.6. The molecule has 0 unspecified atom stereocenters. The summed E-state index contributed by atoms with van der Waals surface area (Å²) in [7, 11) is 0. The Kier molecular flexibility index (Phi) is 3.96. The highest BCUT2D eigenvalue weighted by Crippen LogP contribution is 2.22. The van der Waals surface area contributed by atoms with Crippen LogP contribution in [-0.4, -0.2) is 25.4 Å². The van der Waals surface area contributed by atoms with Gasteiger partial charge in [0.1, 0.15) is 0 Å². The fraction of sp³-hybridized carbons (Fsp3) is 0.200. The van der Waals surface area contributed by atoms with E-state index in [-0.39, 0.29) is 11.9 Å². The van der Waals surface area contributed by atoms with Crippen LogP contribution in [0, 0.1) is 6.08 Å². The van der Waals surface area contributed by atoms with Gasteiger partial charge in [-0.25, -0.2) is 4.98 Å². The number of halogens is 2. The highest BCUT2D eigenvalue weighted by Gasteiger charge is 2.17. The molecule has 118 valence electrons. The van der Waals surface area contributed by atoms with E-state index < -0.39 is 12.0 Å². The summed E-state index contributed by atoms with van der Waals surface area (Å²) in [6.45, 7) is 3.85. The third-order valence-corrected chi connectivity index (χ3v) is 3.54. The summed E-state index contributed by atoms with van der Waals surface area (Å²) in [5, 5.41) is 3.09. The van der Waals surface area contributed by atoms with E-state index in [0.29, 0.717) is 21.7 Å². The van der Waals surface area contributed by atoms with Crippen LogP contribution in [0.25, 0.3) is 11.2 Å². The Hall–Kier alpha value is -2.54. The fourth-order valence-corrected chi connectivity index (χ4v) is 2.26. The van der Waals surface area contributed by atoms with Crippen molar-refractivity contribution in [3.8, 4) is 0 Å². The average Bonchev–Trinajstić information content (AvgIpc) is 2.91. The molecule has 2 aromatic heterocycles. The normalized spacial score (nSPS) is 11.2. The lowest BCUT2D eigenvalue weighted by Crippen LogP contribution is -2.14. The number of anilines is 1. The van der Waals surface area contributed by atoms with Gasteiger partial charge in [0.05, 0.1) is 6.33 Å². The molecule has 3 aromatic rings. The van der Waals surface area contributed by atoms with Crippen molar-refractivity contribution in [1.29, 1.82) is 0 Å². The number of hydrogen-bond acceptors (Lipinski definition) is 4. The van der Waals surface area contributed by atoms with Gasteiger partial charge in [-0.3, -0.25) is 4.79 Å². The van der Waals surface area contributed by atoms with Crippen LogP contribution in [0.15, 0.2) is 30.6 Å². The van der Waals surface area contributed by atoms with Crippen LogP contribution in [0.1, 0.15) is 30.2 Å². The summed E-state index contributed by atoms with van der Waals surface area (Å²) in [5.74, 6) is -0.396. The van der Waals surface area contributed by atoms with Gasteiger partial charge in [0, 0.05) is 16.6 Å². The second kappa shape index (κ2) is 5.92. The van der Waals surface area contributed by atoms with Crippen molar-refractivity contribution in [2.24, 2.45) is 0 Å². The van der Waals surface area contributed by atoms with E-state index in [0.717, 1.165) is 0 Å². The van der Waals surface area contributed by atoms with Crippen LogP contribution in [0.4, 0.5) is 10.2 Å². The minimum Gasteiger partial charge on any atom is -0.312 e. The summed E-state index contributed by atoms with van der Waals surface area (Å²) < 4.78 is 15.4. The second-order valence-corrected chi connectivity index (χ2v) is 5.66. The molecule has 0 aliphatic rings. The molecule has 8 heteroatoms. The Bertz CT molecular complexity index is 875. The maximum Gasteiger partial charge on any atom is 0.312 e. The second-order valence-electron chi connectivity index (χ2n) is 5.22. The molecule has 3 rings (SSSR count). The molecular formula is C15H13ClFN5O. The van der Waals surface area contributed by atoms with E-state index >= 15 is 0 Å². The van der Waals surface area contributed by atoms with Crippen molar-refractivity contribution in [3.05, 3.63) is 47.3 Å². The van der Waals surface area contributed by atoms with Crippen molar-refractivity contribution in [3.63, 3.8) is 0 Å². The molecule has 0 atom stereocenters. The third-order valence-electron chi connectivity index (χ3n) is 3.29. The summed E-state index contributed by atoms with van der Waals surface area (Å²) in [6.07, 6.45) is 0.618. The number of aromatic nitrogens is 4. The number of nitrogens with zero attached hydrogens (tertiary/aromatic N) is 4. The van der Waals surface area contributed by atoms with Gasteiger partial charge < -0.3 is 9.88 Å². The highest BCUT2D eigenvalue weighted by atomic mass is 35.5. The number of fused-ring (bicyclic) bond motifs is 1. The van der Waals surface area contributed by atoms with Crippen molar-refractivity contribution >= 4 is 34.5 Å². The first kappa shape index (κ1) is 15.4. The number of benzene rings is 1. The van der Waals surface area contributed by atoms with Crippen LogP contribution in [0.2, 0.25) is 5.02 Å². The number of hydrogen-bond donors (Lipinski definition) is 1. The molecule has 2 heterocycles. The molecular weight excluding hydrogens is 321 g/mol. The Morgan fingerprint density at radius 3 is 2.61 bits per heavy atom. The van der Waals surface area contributed by atoms with Gasteiger partial charge in [0.15, 0.2) is 17.0 Å². The van der Waals surface area contributed by atoms with Crippen LogP contribution in [0.3, 0.4) is 0 Å². The first-order chi connectivity index (χ1) is 11.0. The van der Waals surface area contributed by atoms with Gasteiger partial charge >= 0.3 is 6.08 Å². The minimum absolute atomic E-state index is 0.0341. The van der Waals surface area contributed by atoms with E-state index in [4.69, 9.17) is 11.6 Å². The number of carbonyl (C=O) groups is 1. The van der Waals surface area contributed by atoms with Gasteiger partial charge in [0.25, 0.3) is 5.91 Å². The van der Waals surface area contributed by atoms with Crippen molar-refractivity contribution in [2.75, 3.05) is 5.32 Å². The van der Waals surface area contributed by atoms with Crippen LogP contribution < -0.4 is 5.32 Å². The quantitative estimate of drug-likeness (QED) is 0.745. The molecule has 0 aliphatic heterocycles. The number of carbonyl (C=O) groups excluding carboxylic acids is 1. The molecule has 0 bridgehead atoms. The zero-order valence-corrected chi connectivity index (χ0v) is 13.2. The summed E-state index contributed by atoms with van der Waals surface area (Å²) in [6, 6.07) is 6.38. The first-order valence-electron chi connectivity index (χ1n) is 6.92. The molecule has 0 spiro atoms. The molecule has 0 saturated heterocycles. The highest BCUT2D eigenvalue weighted by molar-refractivity contribution is 6.30. The largest absolute Gasteiger partial charge is 0.312 e. The average molecular weight is 334 g/mol. The van der Waals surface area contributed by atoms with E-state index in [2.05, 4.69) is 20.3 Å². The minimum atomic E-state index is -0.925. The lowest BCUT2D eigenvalue weighted by Gasteiger charge is -2.08. The van der Waals surface area contributed by atoms with Gasteiger partial charge in [0.2, 0.25) is 0 Å². The molecule has 23 heavy (non-hydrogen) atoms. The predicted molar refractivity (Wildman–Crippen MR) is 85.1 cm³/mol. The first-order valence-corrected chi connectivity index (χ1v) is 7.30. The lowest BCUT2D eigenvalue weighted by atomic mass is 10.2. The van der Waals surface area contributed by atoms with Crippen molar-refractivity contribution in [1.82, 2.24) is 19.5 Å². The Morgan fingerprint density at radius 2 is 1.96 bits per heavy atom. The molecule has 6 nitrogen and oxygen atoms in total. The topological polar surface area (TPSA) is 72.7 Å². The molecule has 0 fully saturated rings. The SMILES string of the molecule is CC(C)n1cnc2c(NC(=O)c3ccc(Cl)cc3)nc(F)nc21. The lowest BCUT2D eigenvalue weighted by molar-refractivity contribution is 0.102. The maximum atomic E-state index is 13.7. The maximum absolute atomic E-state index is 13.7. The molecule has 0 aliphatic carbocycles. The Balaban J connectivity index is 1.99. The van der Waals surface area contributed by atoms with E-state index in [1.807, 2.05) is 13.8 Å². The van der Waals surface area contributed by atoms with E-state index in [1.54, 1.807) is 35.2 Å². The van der Waals surface area contributed by atoms with Crippen molar-refractivity contribution < 1.29 is 9.18 Å². The summed E-state index contributed by atoms with van der Waals surface area (Å²) >= 11 is 5.79. The molecule has 1 amide bonds. The summed E-state index contributed by atoms with van der Waals surface area (Å²) in [4.78, 5) is 23.8. The molecule has 1 aromatic carbocycles. The predicted octanol–water partition coefficient (Wildman–Crippen LogP) is 3.45. The fourth-order valence-electron chi connectivity index (χ4n) is 2.14. The number of nitrogens with one attached hydrogen (secondary N) is 1. The van der Waals surface area contributed by atoms with Crippen LogP contribution in [-0.2, 0) is 0 Å². The summed E-state index contributed by atoms with van der Waals surface area (Å²) in [5.41, 5.74) is 1.05. The van der Waals surface area contributed by atoms with Gasteiger partial charge in [-0.1, -0.05) is 11.6 Å². The molecule has 0 saturated carbocycles. The number of rotatable bonds is 3. The molecule has 1 N–H and O–H groups in total. The zero-order valence-electron chi connectivity index (χ0n) is 12.4. The monoisotopic (exact) mass is 333 g/mol. The van der Waals surface area contributed by atoms with Gasteiger partial charge in [-0.2, -0.15) is 14.4 Å². The van der Waals surface area contributed by atoms with Gasteiger partial charge in [-0.15, -0.1) is 0 Å². The Morgan fingerprint density at radius 1 is 1.26 bits per heavy atom. The van der Waals surface area contributed by atoms with E-state index in [1.165, 1.54) is 0 Å².